The van der Waals surface area contributed by atoms with Crippen molar-refractivity contribution in [2.45, 2.75) is 100 Å². The number of hydrogen-bond acceptors (Lipinski definition) is 18. The Bertz CT molecular complexity index is 2850. The van der Waals surface area contributed by atoms with Crippen molar-refractivity contribution in [2.24, 2.45) is 0 Å². The highest BCUT2D eigenvalue weighted by Gasteiger charge is 2.39. The first-order chi connectivity index (χ1) is 35.1. The van der Waals surface area contributed by atoms with E-state index in [2.05, 4.69) is 20.4 Å². The Morgan fingerprint density at radius 2 is 0.905 bits per heavy atom. The third kappa shape index (κ3) is 12.6. The van der Waals surface area contributed by atoms with Gasteiger partial charge >= 0.3 is 12.2 Å². The number of methoxy groups -OCH3 is 4. The summed E-state index contributed by atoms with van der Waals surface area (Å²) in [5, 5.41) is 15.4. The van der Waals surface area contributed by atoms with Crippen molar-refractivity contribution in [2.75, 3.05) is 54.6 Å². The summed E-state index contributed by atoms with van der Waals surface area (Å²) in [6.45, 7) is 11.6. The Hall–Kier alpha value is -7.08. The van der Waals surface area contributed by atoms with Gasteiger partial charge in [-0.2, -0.15) is 0 Å². The SMILES string of the molecule is COc1cccc(OC)c1-n1c(CS(=O)(=O)[C@@H]2CCCN(C(=O)OC(C)(C)C)C2)nnc1-c1ccco1.COc1cccc(OC)c1-n1c(CS(=O)(=O)[C@H]2CCCN(C(=O)OC(C)(C)C)C2)nnc1-c1ccco1. The smallest absolute Gasteiger partial charge is 0.410 e. The number of nitrogens with zero attached hydrogens (tertiary/aromatic N) is 8. The fraction of sp³-hybridized carbons (Fsp3) is 0.480. The fourth-order valence-corrected chi connectivity index (χ4v) is 12.0. The number of piperidine rings is 2. The zero-order valence-electron chi connectivity index (χ0n) is 43.3. The molecule has 8 rings (SSSR count). The molecule has 0 spiro atoms. The number of para-hydroxylation sites is 2. The lowest BCUT2D eigenvalue weighted by molar-refractivity contribution is 0.0208. The monoisotopic (exact) mass is 1060 g/mol. The van der Waals surface area contributed by atoms with Crippen LogP contribution in [-0.4, -0.2) is 145 Å². The molecule has 2 fully saturated rings. The zero-order chi connectivity index (χ0) is 53.6. The first-order valence-corrected chi connectivity index (χ1v) is 27.3. The minimum Gasteiger partial charge on any atom is -0.494 e. The second-order valence-electron chi connectivity index (χ2n) is 19.5. The molecule has 24 heteroatoms. The number of furan rings is 2. The average molecular weight is 1070 g/mol. The number of ether oxygens (including phenoxy) is 6. The second-order valence-corrected chi connectivity index (χ2v) is 24.1. The minimum atomic E-state index is -3.76. The van der Waals surface area contributed by atoms with Crippen molar-refractivity contribution in [3.05, 3.63) is 84.8 Å². The van der Waals surface area contributed by atoms with Crippen LogP contribution in [-0.2, 0) is 40.7 Å². The van der Waals surface area contributed by atoms with Crippen molar-refractivity contribution in [3.8, 4) is 57.5 Å². The summed E-state index contributed by atoms with van der Waals surface area (Å²) >= 11 is 0. The van der Waals surface area contributed by atoms with Crippen LogP contribution < -0.4 is 18.9 Å². The maximum Gasteiger partial charge on any atom is 0.410 e. The normalized spacial score (nSPS) is 16.5. The number of carbonyl (C=O) groups excluding carboxylic acids is 2. The summed E-state index contributed by atoms with van der Waals surface area (Å²) in [7, 11) is -1.46. The number of amides is 2. The van der Waals surface area contributed by atoms with E-state index in [9.17, 15) is 26.4 Å². The van der Waals surface area contributed by atoms with E-state index >= 15 is 0 Å². The standard InChI is InChI=1S/2C25H32N4O7S/c2*1-25(2,3)36-24(30)28-13-7-9-17(15-28)37(31,32)16-21-26-27-23(20-12-8-14-35-20)29(21)22-18(33-4)10-6-11-19(22)34-5/h2*6,8,10-12,14,17H,7,9,13,15-16H2,1-5H3/t2*17-/m10/s1. The molecule has 2 amide bonds. The summed E-state index contributed by atoms with van der Waals surface area (Å²) in [5.41, 5.74) is -0.439. The quantitative estimate of drug-likeness (QED) is 0.101. The van der Waals surface area contributed by atoms with Gasteiger partial charge < -0.3 is 47.1 Å². The van der Waals surface area contributed by atoms with Crippen LogP contribution >= 0.6 is 0 Å². The highest BCUT2D eigenvalue weighted by Crippen LogP contribution is 2.39. The Balaban J connectivity index is 0.000000216. The number of sulfone groups is 2. The fourth-order valence-electron chi connectivity index (χ4n) is 8.57. The summed E-state index contributed by atoms with van der Waals surface area (Å²) in [6, 6.07) is 17.3. The lowest BCUT2D eigenvalue weighted by Crippen LogP contribution is -2.47. The number of hydrogen-bond donors (Lipinski definition) is 0. The van der Waals surface area contributed by atoms with E-state index in [4.69, 9.17) is 37.3 Å². The third-order valence-corrected chi connectivity index (χ3v) is 16.1. The van der Waals surface area contributed by atoms with Crippen LogP contribution in [0.3, 0.4) is 0 Å². The molecule has 2 saturated heterocycles. The molecule has 0 radical (unpaired) electrons. The molecule has 0 saturated carbocycles. The van der Waals surface area contributed by atoms with E-state index in [0.29, 0.717) is 96.3 Å². The molecule has 0 unspecified atom stereocenters. The molecule has 74 heavy (non-hydrogen) atoms. The van der Waals surface area contributed by atoms with E-state index in [1.165, 1.54) is 50.8 Å². The summed E-state index contributed by atoms with van der Waals surface area (Å²) in [4.78, 5) is 28.1. The number of carbonyl (C=O) groups is 2. The molecule has 2 aromatic carbocycles. The van der Waals surface area contributed by atoms with Crippen LogP contribution in [0.25, 0.3) is 34.5 Å². The van der Waals surface area contributed by atoms with Gasteiger partial charge in [0.05, 0.1) is 51.5 Å². The van der Waals surface area contributed by atoms with Crippen molar-refractivity contribution in [1.29, 1.82) is 0 Å². The van der Waals surface area contributed by atoms with E-state index < -0.39 is 65.1 Å². The molecule has 0 N–H and O–H groups in total. The lowest BCUT2D eigenvalue weighted by Gasteiger charge is -2.33. The molecule has 2 aliphatic heterocycles. The average Bonchev–Trinajstić information content (AvgIpc) is 4.22. The molecule has 22 nitrogen and oxygen atoms in total. The molecular weight excluding hydrogens is 1000 g/mol. The molecule has 400 valence electrons. The molecule has 6 aromatic rings. The highest BCUT2D eigenvalue weighted by molar-refractivity contribution is 7.91. The van der Waals surface area contributed by atoms with Gasteiger partial charge in [-0.25, -0.2) is 26.4 Å². The van der Waals surface area contributed by atoms with Gasteiger partial charge in [0.1, 0.15) is 57.1 Å². The van der Waals surface area contributed by atoms with Crippen LogP contribution in [0.2, 0.25) is 0 Å². The van der Waals surface area contributed by atoms with Crippen molar-refractivity contribution < 1.29 is 63.7 Å². The highest BCUT2D eigenvalue weighted by atomic mass is 32.2. The number of aromatic nitrogens is 6. The van der Waals surface area contributed by atoms with Gasteiger partial charge in [-0.05, 0) is 116 Å². The molecule has 0 aliphatic carbocycles. The van der Waals surface area contributed by atoms with Crippen LogP contribution in [0.15, 0.2) is 82.0 Å². The number of likely N-dealkylation sites (tertiary alicyclic amines) is 2. The maximum absolute atomic E-state index is 13.7. The van der Waals surface area contributed by atoms with Crippen LogP contribution in [0.4, 0.5) is 9.59 Å². The van der Waals surface area contributed by atoms with Gasteiger partial charge in [0, 0.05) is 26.2 Å². The second kappa shape index (κ2) is 22.6. The van der Waals surface area contributed by atoms with Crippen molar-refractivity contribution >= 4 is 31.9 Å². The van der Waals surface area contributed by atoms with Gasteiger partial charge in [0.25, 0.3) is 0 Å². The maximum atomic E-state index is 13.7. The summed E-state index contributed by atoms with van der Waals surface area (Å²) in [5.74, 6) is 2.71. The largest absolute Gasteiger partial charge is 0.494 e. The summed E-state index contributed by atoms with van der Waals surface area (Å²) < 4.78 is 102. The third-order valence-electron chi connectivity index (χ3n) is 11.9. The van der Waals surface area contributed by atoms with E-state index in [0.717, 1.165) is 0 Å². The summed E-state index contributed by atoms with van der Waals surface area (Å²) in [6.07, 6.45) is 3.91. The predicted molar refractivity (Wildman–Crippen MR) is 271 cm³/mol. The van der Waals surface area contributed by atoms with Gasteiger partial charge in [-0.3, -0.25) is 9.13 Å². The van der Waals surface area contributed by atoms with Gasteiger partial charge in [0.2, 0.25) is 11.6 Å². The topological polar surface area (TPSA) is 252 Å². The lowest BCUT2D eigenvalue weighted by atomic mass is 10.1. The van der Waals surface area contributed by atoms with E-state index in [1.54, 1.807) is 111 Å². The Morgan fingerprint density at radius 3 is 1.20 bits per heavy atom. The Morgan fingerprint density at radius 1 is 0.554 bits per heavy atom. The molecule has 2 aliphatic rings. The van der Waals surface area contributed by atoms with Gasteiger partial charge in [0.15, 0.2) is 42.8 Å². The van der Waals surface area contributed by atoms with E-state index in [1.807, 2.05) is 0 Å². The molecular formula is C50H64N8O14S2. The Kier molecular flexibility index (Phi) is 16.7. The molecule has 2 atom stereocenters. The number of rotatable bonds is 14. The molecule has 4 aromatic heterocycles. The first kappa shape index (κ1) is 54.7. The predicted octanol–water partition coefficient (Wildman–Crippen LogP) is 7.72. The first-order valence-electron chi connectivity index (χ1n) is 23.9. The van der Waals surface area contributed by atoms with Gasteiger partial charge in [-0.1, -0.05) is 12.1 Å². The van der Waals surface area contributed by atoms with Crippen LogP contribution in [0, 0.1) is 0 Å². The van der Waals surface area contributed by atoms with Gasteiger partial charge in [-0.15, -0.1) is 20.4 Å². The van der Waals surface area contributed by atoms with E-state index in [-0.39, 0.29) is 24.7 Å². The van der Waals surface area contributed by atoms with Crippen molar-refractivity contribution in [3.63, 3.8) is 0 Å². The van der Waals surface area contributed by atoms with Crippen molar-refractivity contribution in [1.82, 2.24) is 39.3 Å². The molecule has 6 heterocycles. The zero-order valence-corrected chi connectivity index (χ0v) is 44.9. The minimum absolute atomic E-state index is 0.0500. The molecule has 0 bridgehead atoms. The van der Waals surface area contributed by atoms with Crippen LogP contribution in [0.5, 0.6) is 23.0 Å². The Labute approximate surface area is 430 Å². The van der Waals surface area contributed by atoms with Crippen LogP contribution in [0.1, 0.15) is 78.9 Å². The number of benzene rings is 2.